The van der Waals surface area contributed by atoms with Gasteiger partial charge in [0, 0.05) is 25.0 Å². The molecule has 0 aromatic carbocycles. The maximum absolute atomic E-state index is 4.35. The predicted molar refractivity (Wildman–Crippen MR) is 64.9 cm³/mol. The predicted octanol–water partition coefficient (Wildman–Crippen LogP) is 0.630. The van der Waals surface area contributed by atoms with E-state index in [9.17, 15) is 0 Å². The maximum atomic E-state index is 4.35. The number of piperidine rings is 1. The molecule has 6 nitrogen and oxygen atoms in total. The Kier molecular flexibility index (Phi) is 2.64. The van der Waals surface area contributed by atoms with Gasteiger partial charge in [-0.25, -0.2) is 4.98 Å². The summed E-state index contributed by atoms with van der Waals surface area (Å²) in [6.45, 7) is 2.23. The van der Waals surface area contributed by atoms with Gasteiger partial charge in [-0.3, -0.25) is 4.40 Å². The Labute approximate surface area is 99.7 Å². The van der Waals surface area contributed by atoms with Crippen molar-refractivity contribution in [3.8, 4) is 0 Å². The molecule has 3 heterocycles. The third-order valence-corrected chi connectivity index (χ3v) is 3.18. The number of rotatable bonds is 2. The Morgan fingerprint density at radius 2 is 2.41 bits per heavy atom. The summed E-state index contributed by atoms with van der Waals surface area (Å²) >= 11 is 0. The average molecular weight is 232 g/mol. The minimum Gasteiger partial charge on any atom is -0.363 e. The molecule has 2 aromatic heterocycles. The molecule has 1 saturated heterocycles. The van der Waals surface area contributed by atoms with E-state index in [-0.39, 0.29) is 0 Å². The summed E-state index contributed by atoms with van der Waals surface area (Å²) in [6.07, 6.45) is 7.72. The van der Waals surface area contributed by atoms with E-state index in [0.29, 0.717) is 6.04 Å². The summed E-state index contributed by atoms with van der Waals surface area (Å²) < 4.78 is 1.88. The number of hydrogen-bond donors (Lipinski definition) is 1. The van der Waals surface area contributed by atoms with Gasteiger partial charge in [0.2, 0.25) is 5.65 Å². The summed E-state index contributed by atoms with van der Waals surface area (Å²) in [7, 11) is 2.15. The highest BCUT2D eigenvalue weighted by Gasteiger charge is 2.18. The highest BCUT2D eigenvalue weighted by Crippen LogP contribution is 2.16. The van der Waals surface area contributed by atoms with E-state index in [4.69, 9.17) is 0 Å². The lowest BCUT2D eigenvalue weighted by atomic mass is 10.1. The molecule has 1 N–H and O–H groups in total. The zero-order chi connectivity index (χ0) is 11.7. The largest absolute Gasteiger partial charge is 0.363 e. The number of likely N-dealkylation sites (N-methyl/N-ethyl adjacent to an activating group) is 1. The van der Waals surface area contributed by atoms with Crippen molar-refractivity contribution in [1.29, 1.82) is 0 Å². The SMILES string of the molecule is CN1CCCC(Nc2nccn3cnnc23)C1. The Hall–Kier alpha value is -1.69. The van der Waals surface area contributed by atoms with Gasteiger partial charge < -0.3 is 10.2 Å². The summed E-state index contributed by atoms with van der Waals surface area (Å²) in [5.41, 5.74) is 0.792. The molecule has 1 atom stereocenters. The molecule has 0 saturated carbocycles. The first-order chi connectivity index (χ1) is 8.33. The number of nitrogens with one attached hydrogen (secondary N) is 1. The summed E-state index contributed by atoms with van der Waals surface area (Å²) in [6, 6.07) is 0.448. The van der Waals surface area contributed by atoms with Gasteiger partial charge in [-0.15, -0.1) is 10.2 Å². The topological polar surface area (TPSA) is 58.4 Å². The molecule has 6 heteroatoms. The van der Waals surface area contributed by atoms with E-state index < -0.39 is 0 Å². The lowest BCUT2D eigenvalue weighted by Gasteiger charge is -2.30. The summed E-state index contributed by atoms with van der Waals surface area (Å²) in [5.74, 6) is 0.824. The van der Waals surface area contributed by atoms with E-state index in [0.717, 1.165) is 18.0 Å². The molecule has 90 valence electrons. The minimum absolute atomic E-state index is 0.448. The third-order valence-electron chi connectivity index (χ3n) is 3.18. The van der Waals surface area contributed by atoms with Crippen molar-refractivity contribution >= 4 is 11.5 Å². The van der Waals surface area contributed by atoms with Crippen molar-refractivity contribution in [2.24, 2.45) is 0 Å². The first-order valence-corrected chi connectivity index (χ1v) is 5.92. The molecule has 1 aliphatic rings. The number of nitrogens with zero attached hydrogens (tertiary/aromatic N) is 5. The molecule has 1 fully saturated rings. The van der Waals surface area contributed by atoms with Crippen molar-refractivity contribution < 1.29 is 0 Å². The minimum atomic E-state index is 0.448. The van der Waals surface area contributed by atoms with Crippen molar-refractivity contribution in [2.45, 2.75) is 18.9 Å². The monoisotopic (exact) mass is 232 g/mol. The number of aromatic nitrogens is 4. The van der Waals surface area contributed by atoms with Crippen LogP contribution in [0, 0.1) is 0 Å². The molecule has 0 aliphatic carbocycles. The van der Waals surface area contributed by atoms with Crippen LogP contribution in [-0.2, 0) is 0 Å². The zero-order valence-corrected chi connectivity index (χ0v) is 9.87. The van der Waals surface area contributed by atoms with Crippen LogP contribution in [-0.4, -0.2) is 50.7 Å². The second kappa shape index (κ2) is 4.29. The molecule has 2 aromatic rings. The van der Waals surface area contributed by atoms with E-state index in [1.165, 1.54) is 19.4 Å². The van der Waals surface area contributed by atoms with Crippen LogP contribution < -0.4 is 5.32 Å². The van der Waals surface area contributed by atoms with Gasteiger partial charge in [-0.05, 0) is 26.4 Å². The second-order valence-electron chi connectivity index (χ2n) is 4.58. The van der Waals surface area contributed by atoms with E-state index in [1.807, 2.05) is 10.6 Å². The molecule has 1 aliphatic heterocycles. The highest BCUT2D eigenvalue weighted by atomic mass is 15.3. The fourth-order valence-electron chi connectivity index (χ4n) is 2.34. The Morgan fingerprint density at radius 1 is 1.47 bits per heavy atom. The lowest BCUT2D eigenvalue weighted by Crippen LogP contribution is -2.40. The number of likely N-dealkylation sites (tertiary alicyclic amines) is 1. The molecule has 1 unspecified atom stereocenters. The molecule has 0 amide bonds. The second-order valence-corrected chi connectivity index (χ2v) is 4.58. The molecular weight excluding hydrogens is 216 g/mol. The van der Waals surface area contributed by atoms with Crippen LogP contribution in [0.2, 0.25) is 0 Å². The maximum Gasteiger partial charge on any atom is 0.203 e. The Balaban J connectivity index is 1.82. The van der Waals surface area contributed by atoms with Gasteiger partial charge in [0.25, 0.3) is 0 Å². The van der Waals surface area contributed by atoms with Gasteiger partial charge in [0.1, 0.15) is 6.33 Å². The smallest absolute Gasteiger partial charge is 0.203 e. The van der Waals surface area contributed by atoms with Crippen LogP contribution in [0.1, 0.15) is 12.8 Å². The van der Waals surface area contributed by atoms with E-state index in [1.54, 1.807) is 12.5 Å². The van der Waals surface area contributed by atoms with Crippen LogP contribution in [0.3, 0.4) is 0 Å². The molecule has 0 bridgehead atoms. The summed E-state index contributed by atoms with van der Waals surface area (Å²) in [4.78, 5) is 6.68. The first-order valence-electron chi connectivity index (χ1n) is 5.92. The van der Waals surface area contributed by atoms with Crippen molar-refractivity contribution in [3.05, 3.63) is 18.7 Å². The third kappa shape index (κ3) is 2.08. The fourth-order valence-corrected chi connectivity index (χ4v) is 2.34. The van der Waals surface area contributed by atoms with Crippen molar-refractivity contribution in [2.75, 3.05) is 25.5 Å². The molecule has 3 rings (SSSR count). The first kappa shape index (κ1) is 10.5. The lowest BCUT2D eigenvalue weighted by molar-refractivity contribution is 0.261. The summed E-state index contributed by atoms with van der Waals surface area (Å²) in [5, 5.41) is 11.4. The van der Waals surface area contributed by atoms with Crippen LogP contribution >= 0.6 is 0 Å². The highest BCUT2D eigenvalue weighted by molar-refractivity contribution is 5.61. The van der Waals surface area contributed by atoms with Gasteiger partial charge in [-0.1, -0.05) is 0 Å². The van der Waals surface area contributed by atoms with Crippen LogP contribution in [0.15, 0.2) is 18.7 Å². The number of fused-ring (bicyclic) bond motifs is 1. The number of anilines is 1. The quantitative estimate of drug-likeness (QED) is 0.823. The molecular formula is C11H16N6. The van der Waals surface area contributed by atoms with Crippen LogP contribution in [0.4, 0.5) is 5.82 Å². The van der Waals surface area contributed by atoms with Gasteiger partial charge in [0.05, 0.1) is 0 Å². The van der Waals surface area contributed by atoms with Gasteiger partial charge in [0.15, 0.2) is 5.82 Å². The van der Waals surface area contributed by atoms with Gasteiger partial charge >= 0.3 is 0 Å². The van der Waals surface area contributed by atoms with E-state index >= 15 is 0 Å². The Bertz CT molecular complexity index is 507. The molecule has 17 heavy (non-hydrogen) atoms. The fraction of sp³-hybridized carbons (Fsp3) is 0.545. The molecule has 0 spiro atoms. The van der Waals surface area contributed by atoms with Crippen molar-refractivity contribution in [3.63, 3.8) is 0 Å². The standard InChI is InChI=1S/C11H16N6/c1-16-5-2-3-9(7-16)14-10-11-15-13-8-17(11)6-4-12-10/h4,6,8-9H,2-3,5,7H2,1H3,(H,12,14). The van der Waals surface area contributed by atoms with Crippen molar-refractivity contribution in [1.82, 2.24) is 24.5 Å². The zero-order valence-electron chi connectivity index (χ0n) is 9.87. The normalized spacial score (nSPS) is 21.8. The number of hydrogen-bond acceptors (Lipinski definition) is 5. The van der Waals surface area contributed by atoms with E-state index in [2.05, 4.69) is 32.4 Å². The van der Waals surface area contributed by atoms with Crippen LogP contribution in [0.25, 0.3) is 5.65 Å². The average Bonchev–Trinajstić information content (AvgIpc) is 2.78. The van der Waals surface area contributed by atoms with Crippen LogP contribution in [0.5, 0.6) is 0 Å². The Morgan fingerprint density at radius 3 is 3.29 bits per heavy atom. The van der Waals surface area contributed by atoms with Gasteiger partial charge in [-0.2, -0.15) is 0 Å². The molecule has 0 radical (unpaired) electrons.